The topological polar surface area (TPSA) is 60.7 Å². The fourth-order valence-electron chi connectivity index (χ4n) is 1.58. The van der Waals surface area contributed by atoms with E-state index in [1.165, 1.54) is 24.3 Å². The van der Waals surface area contributed by atoms with E-state index >= 15 is 0 Å². The highest BCUT2D eigenvalue weighted by Gasteiger charge is 1.97. The number of hydrogen-bond acceptors (Lipinski definition) is 3. The van der Waals surface area contributed by atoms with Gasteiger partial charge in [-0.25, -0.2) is 0 Å². The van der Waals surface area contributed by atoms with Gasteiger partial charge in [0.2, 0.25) is 0 Å². The highest BCUT2D eigenvalue weighted by atomic mass is 16.3. The average molecular weight is 238 g/mol. The number of rotatable bonds is 2. The zero-order valence-electron chi connectivity index (χ0n) is 9.54. The molecule has 0 unspecified atom stereocenters. The molecule has 0 aliphatic carbocycles. The van der Waals surface area contributed by atoms with Crippen LogP contribution in [0.3, 0.4) is 0 Å². The smallest absolute Gasteiger partial charge is 0.119 e. The third kappa shape index (κ3) is 2.85. The van der Waals surface area contributed by atoms with Gasteiger partial charge in [-0.2, -0.15) is 0 Å². The molecule has 0 saturated carbocycles. The van der Waals surface area contributed by atoms with Crippen molar-refractivity contribution in [2.75, 3.05) is 0 Å². The minimum atomic E-state index is -0.000120. The van der Waals surface area contributed by atoms with E-state index in [2.05, 4.69) is 0 Å². The standard InChI is InChI=1S/C14H11BO3/c15-13-7-9(3-4-14(13)18)1-2-10-5-11(16)8-12(17)6-10/h1-8,16-18H/b2-1+. The Morgan fingerprint density at radius 2 is 1.39 bits per heavy atom. The summed E-state index contributed by atoms with van der Waals surface area (Å²) in [5.41, 5.74) is 1.78. The van der Waals surface area contributed by atoms with Crippen LogP contribution in [-0.4, -0.2) is 23.2 Å². The van der Waals surface area contributed by atoms with Gasteiger partial charge in [-0.15, -0.1) is 0 Å². The Kier molecular flexibility index (Phi) is 3.28. The molecule has 3 N–H and O–H groups in total. The van der Waals surface area contributed by atoms with Crippen LogP contribution in [0.5, 0.6) is 17.2 Å². The van der Waals surface area contributed by atoms with E-state index in [-0.39, 0.29) is 17.2 Å². The highest BCUT2D eigenvalue weighted by molar-refractivity contribution is 6.34. The van der Waals surface area contributed by atoms with E-state index in [0.29, 0.717) is 11.0 Å². The fourth-order valence-corrected chi connectivity index (χ4v) is 1.58. The highest BCUT2D eigenvalue weighted by Crippen LogP contribution is 2.22. The Morgan fingerprint density at radius 1 is 0.778 bits per heavy atom. The van der Waals surface area contributed by atoms with Crippen molar-refractivity contribution in [1.82, 2.24) is 0 Å². The maximum atomic E-state index is 9.32. The normalized spacial score (nSPS) is 10.9. The summed E-state index contributed by atoms with van der Waals surface area (Å²) < 4.78 is 0. The summed E-state index contributed by atoms with van der Waals surface area (Å²) in [6.07, 6.45) is 3.50. The molecule has 0 heterocycles. The van der Waals surface area contributed by atoms with Crippen molar-refractivity contribution in [3.05, 3.63) is 47.5 Å². The van der Waals surface area contributed by atoms with Gasteiger partial charge < -0.3 is 15.3 Å². The van der Waals surface area contributed by atoms with Gasteiger partial charge in [0.15, 0.2) is 0 Å². The molecule has 0 bridgehead atoms. The van der Waals surface area contributed by atoms with Gasteiger partial charge >= 0.3 is 0 Å². The van der Waals surface area contributed by atoms with Crippen LogP contribution in [0.2, 0.25) is 0 Å². The summed E-state index contributed by atoms with van der Waals surface area (Å²) in [5.74, 6) is 0.0434. The van der Waals surface area contributed by atoms with Crippen LogP contribution in [0, 0.1) is 0 Å². The summed E-state index contributed by atoms with van der Waals surface area (Å²) in [7, 11) is 5.57. The molecular formula is C14H11BO3. The van der Waals surface area contributed by atoms with Crippen LogP contribution < -0.4 is 5.46 Å². The van der Waals surface area contributed by atoms with Crippen LogP contribution >= 0.6 is 0 Å². The summed E-state index contributed by atoms with van der Waals surface area (Å²) in [6, 6.07) is 9.17. The van der Waals surface area contributed by atoms with Gasteiger partial charge in [-0.05, 0) is 29.3 Å². The number of aromatic hydroxyl groups is 3. The van der Waals surface area contributed by atoms with Crippen molar-refractivity contribution in [1.29, 1.82) is 0 Å². The number of benzene rings is 2. The van der Waals surface area contributed by atoms with E-state index < -0.39 is 0 Å². The maximum absolute atomic E-state index is 9.32. The lowest BCUT2D eigenvalue weighted by atomic mass is 9.93. The van der Waals surface area contributed by atoms with E-state index in [1.807, 2.05) is 0 Å². The summed E-state index contributed by atoms with van der Waals surface area (Å²) in [4.78, 5) is 0. The van der Waals surface area contributed by atoms with Crippen LogP contribution in [0.25, 0.3) is 12.2 Å². The Balaban J connectivity index is 2.27. The van der Waals surface area contributed by atoms with Gasteiger partial charge in [0.1, 0.15) is 25.1 Å². The van der Waals surface area contributed by atoms with E-state index in [4.69, 9.17) is 7.85 Å². The second kappa shape index (κ2) is 4.88. The summed E-state index contributed by atoms with van der Waals surface area (Å²) in [6.45, 7) is 0. The minimum Gasteiger partial charge on any atom is -0.509 e. The third-order valence-corrected chi connectivity index (χ3v) is 2.44. The fraction of sp³-hybridized carbons (Fsp3) is 0. The molecule has 0 saturated heterocycles. The number of phenolic OH excluding ortho intramolecular Hbond substituents is 3. The molecule has 0 amide bonds. The lowest BCUT2D eigenvalue weighted by Crippen LogP contribution is -2.02. The quantitative estimate of drug-likeness (QED) is 0.551. The molecule has 2 radical (unpaired) electrons. The first kappa shape index (κ1) is 12.1. The molecule has 0 spiro atoms. The molecule has 4 heteroatoms. The van der Waals surface area contributed by atoms with E-state index in [9.17, 15) is 15.3 Å². The molecule has 3 nitrogen and oxygen atoms in total. The van der Waals surface area contributed by atoms with E-state index in [1.54, 1.807) is 24.3 Å². The molecular weight excluding hydrogens is 227 g/mol. The van der Waals surface area contributed by atoms with Crippen molar-refractivity contribution in [2.45, 2.75) is 0 Å². The predicted molar refractivity (Wildman–Crippen MR) is 72.2 cm³/mol. The van der Waals surface area contributed by atoms with Gasteiger partial charge in [-0.1, -0.05) is 29.7 Å². The van der Waals surface area contributed by atoms with Crippen molar-refractivity contribution in [3.8, 4) is 17.2 Å². The van der Waals surface area contributed by atoms with Gasteiger partial charge in [0.25, 0.3) is 0 Å². The second-order valence-electron chi connectivity index (χ2n) is 3.93. The van der Waals surface area contributed by atoms with Crippen LogP contribution in [0.4, 0.5) is 0 Å². The Bertz CT molecular complexity index is 586. The summed E-state index contributed by atoms with van der Waals surface area (Å²) in [5, 5.41) is 27.9. The Labute approximate surface area is 106 Å². The molecule has 0 atom stereocenters. The first-order chi connectivity index (χ1) is 8.54. The molecule has 2 aromatic carbocycles. The Hall–Kier alpha value is -2.36. The van der Waals surface area contributed by atoms with E-state index in [0.717, 1.165) is 5.56 Å². The molecule has 0 aromatic heterocycles. The van der Waals surface area contributed by atoms with Crippen molar-refractivity contribution < 1.29 is 15.3 Å². The molecule has 0 aliphatic rings. The van der Waals surface area contributed by atoms with Crippen molar-refractivity contribution in [2.24, 2.45) is 0 Å². The van der Waals surface area contributed by atoms with Crippen LogP contribution in [0.1, 0.15) is 11.1 Å². The van der Waals surface area contributed by atoms with Crippen molar-refractivity contribution in [3.63, 3.8) is 0 Å². The largest absolute Gasteiger partial charge is 0.509 e. The van der Waals surface area contributed by atoms with Crippen LogP contribution in [-0.2, 0) is 0 Å². The van der Waals surface area contributed by atoms with Gasteiger partial charge in [0, 0.05) is 6.07 Å². The average Bonchev–Trinajstić information content (AvgIpc) is 2.29. The minimum absolute atomic E-state index is 0.000120. The second-order valence-corrected chi connectivity index (χ2v) is 3.93. The zero-order chi connectivity index (χ0) is 13.1. The first-order valence-corrected chi connectivity index (χ1v) is 5.34. The molecule has 0 aliphatic heterocycles. The monoisotopic (exact) mass is 238 g/mol. The predicted octanol–water partition coefficient (Wildman–Crippen LogP) is 1.77. The van der Waals surface area contributed by atoms with Crippen molar-refractivity contribution >= 4 is 25.5 Å². The molecule has 2 rings (SSSR count). The maximum Gasteiger partial charge on any atom is 0.119 e. The zero-order valence-corrected chi connectivity index (χ0v) is 9.54. The lowest BCUT2D eigenvalue weighted by Gasteiger charge is -2.01. The SMILES string of the molecule is [B]c1cc(/C=C/c2cc(O)cc(O)c2)ccc1O. The van der Waals surface area contributed by atoms with Gasteiger partial charge in [0.05, 0.1) is 0 Å². The van der Waals surface area contributed by atoms with Gasteiger partial charge in [-0.3, -0.25) is 0 Å². The first-order valence-electron chi connectivity index (χ1n) is 5.34. The number of hydrogen-bond donors (Lipinski definition) is 3. The number of phenols is 3. The Morgan fingerprint density at radius 3 is 2.00 bits per heavy atom. The molecule has 0 fully saturated rings. The lowest BCUT2D eigenvalue weighted by molar-refractivity contribution is 0.450. The molecule has 2 aromatic rings. The molecule has 18 heavy (non-hydrogen) atoms. The summed E-state index contributed by atoms with van der Waals surface area (Å²) >= 11 is 0. The molecule has 88 valence electrons. The third-order valence-electron chi connectivity index (χ3n) is 2.44. The van der Waals surface area contributed by atoms with Crippen LogP contribution in [0.15, 0.2) is 36.4 Å².